The lowest BCUT2D eigenvalue weighted by Gasteiger charge is -2.63. The molecule has 2 unspecified atom stereocenters. The Balaban J connectivity index is 2.13. The van der Waals surface area contributed by atoms with E-state index in [1.807, 2.05) is 0 Å². The quantitative estimate of drug-likeness (QED) is 0.223. The molecule has 0 N–H and O–H groups in total. The van der Waals surface area contributed by atoms with Gasteiger partial charge in [-0.3, -0.25) is 0 Å². The lowest BCUT2D eigenvalue weighted by atomic mass is 9.47. The Hall–Kier alpha value is -1.22. The van der Waals surface area contributed by atoms with E-state index in [-0.39, 0.29) is 18.4 Å². The normalized spacial score (nSPS) is 36.3. The van der Waals surface area contributed by atoms with Gasteiger partial charge in [-0.25, -0.2) is 4.79 Å². The van der Waals surface area contributed by atoms with E-state index >= 15 is 8.78 Å². The number of alkyl halides is 5. The number of esters is 1. The molecule has 4 fully saturated rings. The highest BCUT2D eigenvalue weighted by Crippen LogP contribution is 2.67. The Morgan fingerprint density at radius 2 is 1.60 bits per heavy atom. The number of carbonyl (C=O) groups excluding carboxylic acids is 1. The van der Waals surface area contributed by atoms with Crippen LogP contribution in [0.2, 0.25) is 0 Å². The molecule has 4 aliphatic carbocycles. The molecule has 4 bridgehead atoms. The maximum Gasteiger partial charge on any atom is 0.423 e. The van der Waals surface area contributed by atoms with E-state index in [1.165, 1.54) is 6.92 Å². The smallest absolute Gasteiger partial charge is 0.423 e. The Morgan fingerprint density at radius 1 is 1.10 bits per heavy atom. The molecule has 172 valence electrons. The summed E-state index contributed by atoms with van der Waals surface area (Å²) in [5.74, 6) is -7.12. The molecule has 0 amide bonds. The minimum Gasteiger partial charge on any atom is -0.449 e. The van der Waals surface area contributed by atoms with Crippen molar-refractivity contribution in [1.82, 2.24) is 0 Å². The first-order chi connectivity index (χ1) is 13.8. The Morgan fingerprint density at radius 3 is 2.00 bits per heavy atom. The molecule has 0 aliphatic heterocycles. The molecule has 30 heavy (non-hydrogen) atoms. The van der Waals surface area contributed by atoms with Crippen LogP contribution in [-0.4, -0.2) is 42.2 Å². The topological polar surface area (TPSA) is 44.8 Å². The van der Waals surface area contributed by atoms with Crippen molar-refractivity contribution in [3.63, 3.8) is 0 Å². The van der Waals surface area contributed by atoms with E-state index in [4.69, 9.17) is 14.2 Å². The number of hydrogen-bond acceptors (Lipinski definition) is 4. The third kappa shape index (κ3) is 3.36. The predicted molar refractivity (Wildman–Crippen MR) is 97.6 cm³/mol. The summed E-state index contributed by atoms with van der Waals surface area (Å²) in [5, 5.41) is 0. The van der Waals surface area contributed by atoms with Gasteiger partial charge in [0, 0.05) is 24.5 Å². The molecule has 4 nitrogen and oxygen atoms in total. The zero-order chi connectivity index (χ0) is 22.5. The van der Waals surface area contributed by atoms with Gasteiger partial charge in [0.15, 0.2) is 11.9 Å². The summed E-state index contributed by atoms with van der Waals surface area (Å²) >= 11 is 0. The minimum absolute atomic E-state index is 0.00806. The molecule has 4 saturated carbocycles. The maximum absolute atomic E-state index is 16.3. The number of ether oxygens (including phenoxy) is 3. The van der Waals surface area contributed by atoms with Crippen LogP contribution in [0.15, 0.2) is 12.7 Å². The summed E-state index contributed by atoms with van der Waals surface area (Å²) in [7, 11) is 0. The monoisotopic (exact) mass is 440 g/mol. The molecule has 0 aromatic heterocycles. The summed E-state index contributed by atoms with van der Waals surface area (Å²) in [4.78, 5) is 12.1. The van der Waals surface area contributed by atoms with Gasteiger partial charge >= 0.3 is 18.1 Å². The van der Waals surface area contributed by atoms with Crippen LogP contribution in [0.25, 0.3) is 0 Å². The second-order valence-electron chi connectivity index (χ2n) is 8.97. The average molecular weight is 440 g/mol. The Labute approximate surface area is 173 Å². The first-order valence-electron chi connectivity index (χ1n) is 10.4. The molecule has 0 saturated heterocycles. The van der Waals surface area contributed by atoms with Gasteiger partial charge in [0.2, 0.25) is 5.60 Å². The van der Waals surface area contributed by atoms with E-state index in [1.54, 1.807) is 0 Å². The van der Waals surface area contributed by atoms with Crippen LogP contribution in [-0.2, 0) is 19.0 Å². The largest absolute Gasteiger partial charge is 0.449 e. The van der Waals surface area contributed by atoms with Crippen molar-refractivity contribution in [2.45, 2.75) is 82.5 Å². The van der Waals surface area contributed by atoms with Crippen molar-refractivity contribution in [3.05, 3.63) is 12.7 Å². The van der Waals surface area contributed by atoms with Crippen LogP contribution in [0.4, 0.5) is 22.0 Å². The maximum atomic E-state index is 16.3. The van der Waals surface area contributed by atoms with Crippen LogP contribution < -0.4 is 0 Å². The molecular formula is C21H29F5O4. The lowest BCUT2D eigenvalue weighted by Crippen LogP contribution is -2.76. The van der Waals surface area contributed by atoms with Gasteiger partial charge in [-0.2, -0.15) is 22.0 Å². The molecule has 0 aromatic carbocycles. The first kappa shape index (κ1) is 23.4. The number of rotatable bonds is 8. The van der Waals surface area contributed by atoms with Crippen molar-refractivity contribution >= 4 is 5.97 Å². The second kappa shape index (κ2) is 7.73. The Bertz CT molecular complexity index is 649. The Kier molecular flexibility index (Phi) is 6.04. The second-order valence-corrected chi connectivity index (χ2v) is 8.97. The molecular weight excluding hydrogens is 411 g/mol. The van der Waals surface area contributed by atoms with Gasteiger partial charge in [-0.05, 0) is 64.7 Å². The van der Waals surface area contributed by atoms with Gasteiger partial charge in [0.1, 0.15) is 0 Å². The molecule has 4 aliphatic rings. The molecule has 0 aromatic rings. The summed E-state index contributed by atoms with van der Waals surface area (Å²) in [6, 6.07) is 0. The highest BCUT2D eigenvalue weighted by molar-refractivity contribution is 5.81. The number of hydrogen-bond donors (Lipinski definition) is 0. The van der Waals surface area contributed by atoms with Gasteiger partial charge in [-0.1, -0.05) is 6.58 Å². The average Bonchev–Trinajstić information content (AvgIpc) is 2.62. The SMILES string of the molecule is C=CC(=O)OC1(C(F)(F)C(C)(OC(C)OCC)C(F)(F)F)C2CC3CC(C2)CC1C3. The standard InChI is InChI=1S/C21H29F5O4/c1-5-17(27)30-19(15-8-13-7-14(10-15)11-16(19)9-13)20(22,23)18(4,21(24,25)26)29-12(3)28-6-2/h5,12-16H,1,6-11H2,2-4H3. The van der Waals surface area contributed by atoms with Gasteiger partial charge < -0.3 is 14.2 Å². The molecule has 0 heterocycles. The predicted octanol–water partition coefficient (Wildman–Crippen LogP) is 5.27. The first-order valence-corrected chi connectivity index (χ1v) is 10.4. The van der Waals surface area contributed by atoms with Crippen molar-refractivity contribution < 1.29 is 41.0 Å². The zero-order valence-electron chi connectivity index (χ0n) is 17.4. The third-order valence-corrected chi connectivity index (χ3v) is 7.22. The molecule has 9 heteroatoms. The van der Waals surface area contributed by atoms with Crippen LogP contribution in [0.3, 0.4) is 0 Å². The van der Waals surface area contributed by atoms with E-state index in [2.05, 4.69) is 6.58 Å². The van der Waals surface area contributed by atoms with Crippen molar-refractivity contribution in [2.24, 2.45) is 23.7 Å². The van der Waals surface area contributed by atoms with Gasteiger partial charge in [0.25, 0.3) is 0 Å². The minimum atomic E-state index is -5.44. The summed E-state index contributed by atoms with van der Waals surface area (Å²) in [6.07, 6.45) is -4.13. The molecule has 0 radical (unpaired) electrons. The van der Waals surface area contributed by atoms with Crippen LogP contribution in [0.1, 0.15) is 52.9 Å². The summed E-state index contributed by atoms with van der Waals surface area (Å²) in [5.41, 5.74) is -6.52. The summed E-state index contributed by atoms with van der Waals surface area (Å²) < 4.78 is 90.2. The zero-order valence-corrected chi connectivity index (χ0v) is 17.4. The summed E-state index contributed by atoms with van der Waals surface area (Å²) in [6.45, 7) is 6.23. The number of carbonyl (C=O) groups is 1. The fourth-order valence-corrected chi connectivity index (χ4v) is 6.13. The third-order valence-electron chi connectivity index (χ3n) is 7.22. The fraction of sp³-hybridized carbons (Fsp3) is 0.857. The number of halogens is 5. The van der Waals surface area contributed by atoms with Crippen molar-refractivity contribution in [2.75, 3.05) is 6.61 Å². The highest BCUT2D eigenvalue weighted by Gasteiger charge is 2.82. The van der Waals surface area contributed by atoms with Crippen molar-refractivity contribution in [1.29, 1.82) is 0 Å². The van der Waals surface area contributed by atoms with Crippen molar-refractivity contribution in [3.8, 4) is 0 Å². The van der Waals surface area contributed by atoms with E-state index in [0.717, 1.165) is 19.4 Å². The van der Waals surface area contributed by atoms with Crippen LogP contribution in [0, 0.1) is 23.7 Å². The lowest BCUT2D eigenvalue weighted by molar-refractivity contribution is -0.417. The molecule has 4 rings (SSSR count). The van der Waals surface area contributed by atoms with E-state index in [0.29, 0.717) is 32.6 Å². The fourth-order valence-electron chi connectivity index (χ4n) is 6.13. The van der Waals surface area contributed by atoms with Gasteiger partial charge in [0.05, 0.1) is 0 Å². The van der Waals surface area contributed by atoms with Crippen LogP contribution >= 0.6 is 0 Å². The highest BCUT2D eigenvalue weighted by atomic mass is 19.4. The van der Waals surface area contributed by atoms with E-state index < -0.39 is 47.4 Å². The van der Waals surface area contributed by atoms with Crippen LogP contribution in [0.5, 0.6) is 0 Å². The van der Waals surface area contributed by atoms with E-state index in [9.17, 15) is 18.0 Å². The van der Waals surface area contributed by atoms with Gasteiger partial charge in [-0.15, -0.1) is 0 Å². The molecule has 2 atom stereocenters. The molecule has 0 spiro atoms.